The minimum absolute atomic E-state index is 0.0687. The fourth-order valence-corrected chi connectivity index (χ4v) is 4.63. The SMILES string of the molecule is O=C(/C=C/c1ccc(F)cc1)Nc1ncc(S(=O)(=O)c2ccc([N+](=O)[O-])cc2)s1. The van der Waals surface area contributed by atoms with Crippen LogP contribution in [-0.2, 0) is 14.6 Å². The van der Waals surface area contributed by atoms with Crippen LogP contribution < -0.4 is 5.32 Å². The van der Waals surface area contributed by atoms with E-state index in [0.29, 0.717) is 5.56 Å². The Labute approximate surface area is 168 Å². The van der Waals surface area contributed by atoms with Gasteiger partial charge in [-0.15, -0.1) is 0 Å². The van der Waals surface area contributed by atoms with E-state index in [0.717, 1.165) is 41.8 Å². The van der Waals surface area contributed by atoms with Gasteiger partial charge in [0.2, 0.25) is 15.7 Å². The average molecular weight is 433 g/mol. The second kappa shape index (κ2) is 8.29. The van der Waals surface area contributed by atoms with E-state index >= 15 is 0 Å². The number of amides is 1. The Kier molecular flexibility index (Phi) is 5.80. The lowest BCUT2D eigenvalue weighted by atomic mass is 10.2. The third-order valence-electron chi connectivity index (χ3n) is 3.63. The van der Waals surface area contributed by atoms with Gasteiger partial charge in [0.15, 0.2) is 5.13 Å². The average Bonchev–Trinajstić information content (AvgIpc) is 3.17. The highest BCUT2D eigenvalue weighted by Crippen LogP contribution is 2.29. The third kappa shape index (κ3) is 4.89. The van der Waals surface area contributed by atoms with Gasteiger partial charge < -0.3 is 0 Å². The predicted octanol–water partition coefficient (Wildman–Crippen LogP) is 3.68. The van der Waals surface area contributed by atoms with E-state index in [1.54, 1.807) is 0 Å². The molecular formula is C18H12FN3O5S2. The van der Waals surface area contributed by atoms with Crippen molar-refractivity contribution in [3.05, 3.63) is 82.3 Å². The zero-order valence-corrected chi connectivity index (χ0v) is 16.1. The van der Waals surface area contributed by atoms with Crippen molar-refractivity contribution in [3.8, 4) is 0 Å². The molecule has 0 fully saturated rings. The van der Waals surface area contributed by atoms with Crippen molar-refractivity contribution in [2.24, 2.45) is 0 Å². The van der Waals surface area contributed by atoms with Crippen molar-refractivity contribution < 1.29 is 22.5 Å². The van der Waals surface area contributed by atoms with Crippen LogP contribution in [0, 0.1) is 15.9 Å². The molecule has 0 saturated heterocycles. The first-order valence-corrected chi connectivity index (χ1v) is 10.3. The van der Waals surface area contributed by atoms with Crippen LogP contribution in [0.2, 0.25) is 0 Å². The zero-order valence-electron chi connectivity index (χ0n) is 14.5. The summed E-state index contributed by atoms with van der Waals surface area (Å²) < 4.78 is 37.9. The van der Waals surface area contributed by atoms with E-state index < -0.39 is 26.5 Å². The molecule has 0 unspecified atom stereocenters. The van der Waals surface area contributed by atoms with Crippen molar-refractivity contribution in [2.45, 2.75) is 9.10 Å². The lowest BCUT2D eigenvalue weighted by Crippen LogP contribution is -2.07. The molecule has 3 rings (SSSR count). The number of anilines is 1. The van der Waals surface area contributed by atoms with Gasteiger partial charge in [-0.05, 0) is 35.9 Å². The first kappa shape index (κ1) is 20.3. The fourth-order valence-electron chi connectivity index (χ4n) is 2.20. The van der Waals surface area contributed by atoms with Gasteiger partial charge in [0.1, 0.15) is 10.0 Å². The number of benzene rings is 2. The van der Waals surface area contributed by atoms with E-state index in [9.17, 15) is 27.7 Å². The highest BCUT2D eigenvalue weighted by molar-refractivity contribution is 7.93. The largest absolute Gasteiger partial charge is 0.298 e. The minimum atomic E-state index is -3.93. The topological polar surface area (TPSA) is 119 Å². The van der Waals surface area contributed by atoms with Gasteiger partial charge >= 0.3 is 0 Å². The second-order valence-corrected chi connectivity index (χ2v) is 8.82. The maximum absolute atomic E-state index is 12.9. The monoisotopic (exact) mass is 433 g/mol. The smallest absolute Gasteiger partial charge is 0.269 e. The standard InChI is InChI=1S/C18H12FN3O5S2/c19-13-4-1-12(2-5-13)3-10-16(23)21-18-20-11-17(28-18)29(26,27)15-8-6-14(7-9-15)22(24)25/h1-11H,(H,20,21,23)/b10-3+. The number of hydrogen-bond acceptors (Lipinski definition) is 7. The first-order valence-electron chi connectivity index (χ1n) is 7.96. The van der Waals surface area contributed by atoms with Crippen LogP contribution >= 0.6 is 11.3 Å². The van der Waals surface area contributed by atoms with E-state index in [1.807, 2.05) is 0 Å². The molecule has 0 bridgehead atoms. The lowest BCUT2D eigenvalue weighted by Gasteiger charge is -2.00. The number of nitrogens with one attached hydrogen (secondary N) is 1. The van der Waals surface area contributed by atoms with Gasteiger partial charge in [-0.1, -0.05) is 23.5 Å². The maximum atomic E-state index is 12.9. The Hall–Kier alpha value is -3.44. The van der Waals surface area contributed by atoms with Gasteiger partial charge in [0.05, 0.1) is 16.0 Å². The molecule has 8 nitrogen and oxygen atoms in total. The van der Waals surface area contributed by atoms with Crippen molar-refractivity contribution in [1.29, 1.82) is 0 Å². The molecule has 11 heteroatoms. The molecule has 2 aromatic carbocycles. The molecule has 29 heavy (non-hydrogen) atoms. The van der Waals surface area contributed by atoms with E-state index in [4.69, 9.17) is 0 Å². The van der Waals surface area contributed by atoms with Crippen LogP contribution in [-0.4, -0.2) is 24.2 Å². The summed E-state index contributed by atoms with van der Waals surface area (Å²) in [6, 6.07) is 9.97. The van der Waals surface area contributed by atoms with Gasteiger partial charge in [-0.3, -0.25) is 20.2 Å². The van der Waals surface area contributed by atoms with Gasteiger partial charge in [-0.25, -0.2) is 17.8 Å². The Bertz CT molecular complexity index is 1190. The summed E-state index contributed by atoms with van der Waals surface area (Å²) >= 11 is 0.749. The molecule has 1 amide bonds. The van der Waals surface area contributed by atoms with Crippen LogP contribution in [0.4, 0.5) is 15.2 Å². The summed E-state index contributed by atoms with van der Waals surface area (Å²) in [6.07, 6.45) is 3.77. The van der Waals surface area contributed by atoms with Crippen molar-refractivity contribution >= 4 is 44.0 Å². The Morgan fingerprint density at radius 1 is 1.14 bits per heavy atom. The van der Waals surface area contributed by atoms with E-state index in [1.165, 1.54) is 36.4 Å². The first-order chi connectivity index (χ1) is 13.8. The fraction of sp³-hybridized carbons (Fsp3) is 0. The summed E-state index contributed by atoms with van der Waals surface area (Å²) in [5, 5.41) is 13.2. The summed E-state index contributed by atoms with van der Waals surface area (Å²) in [7, 11) is -3.93. The highest BCUT2D eigenvalue weighted by atomic mass is 32.2. The van der Waals surface area contributed by atoms with Crippen molar-refractivity contribution in [1.82, 2.24) is 4.98 Å². The number of thiazole rings is 1. The van der Waals surface area contributed by atoms with Gasteiger partial charge in [0, 0.05) is 18.2 Å². The predicted molar refractivity (Wildman–Crippen MR) is 105 cm³/mol. The number of hydrogen-bond donors (Lipinski definition) is 1. The number of carbonyl (C=O) groups excluding carboxylic acids is 1. The van der Waals surface area contributed by atoms with E-state index in [2.05, 4.69) is 10.3 Å². The molecule has 1 heterocycles. The van der Waals surface area contributed by atoms with Crippen LogP contribution in [0.15, 0.2) is 69.9 Å². The van der Waals surface area contributed by atoms with Crippen LogP contribution in [0.5, 0.6) is 0 Å². The molecule has 0 saturated carbocycles. The number of non-ortho nitro benzene ring substituents is 1. The molecule has 0 aliphatic heterocycles. The Morgan fingerprint density at radius 3 is 2.41 bits per heavy atom. The number of aromatic nitrogens is 1. The molecule has 0 spiro atoms. The zero-order chi connectivity index (χ0) is 21.0. The number of nitro benzene ring substituents is 1. The Balaban J connectivity index is 1.71. The minimum Gasteiger partial charge on any atom is -0.298 e. The molecule has 3 aromatic rings. The number of nitro groups is 1. The van der Waals surface area contributed by atoms with Crippen LogP contribution in [0.3, 0.4) is 0 Å². The van der Waals surface area contributed by atoms with E-state index in [-0.39, 0.29) is 19.9 Å². The molecule has 0 atom stereocenters. The summed E-state index contributed by atoms with van der Waals surface area (Å²) in [5.41, 5.74) is 0.385. The molecular weight excluding hydrogens is 421 g/mol. The normalized spacial score (nSPS) is 11.5. The molecule has 0 aliphatic carbocycles. The number of rotatable bonds is 6. The number of nitrogens with zero attached hydrogens (tertiary/aromatic N) is 2. The quantitative estimate of drug-likeness (QED) is 0.360. The molecule has 0 aliphatic rings. The van der Waals surface area contributed by atoms with Gasteiger partial charge in [0.25, 0.3) is 5.69 Å². The third-order valence-corrected chi connectivity index (χ3v) is 6.78. The Morgan fingerprint density at radius 2 is 1.79 bits per heavy atom. The summed E-state index contributed by atoms with van der Waals surface area (Å²) in [5.74, 6) is -0.931. The second-order valence-electron chi connectivity index (χ2n) is 5.61. The number of carbonyl (C=O) groups is 1. The summed E-state index contributed by atoms with van der Waals surface area (Å²) in [4.78, 5) is 25.8. The van der Waals surface area contributed by atoms with Crippen LogP contribution in [0.25, 0.3) is 6.08 Å². The molecule has 148 valence electrons. The highest BCUT2D eigenvalue weighted by Gasteiger charge is 2.22. The van der Waals surface area contributed by atoms with Crippen molar-refractivity contribution in [2.75, 3.05) is 5.32 Å². The maximum Gasteiger partial charge on any atom is 0.269 e. The number of sulfone groups is 1. The van der Waals surface area contributed by atoms with Crippen molar-refractivity contribution in [3.63, 3.8) is 0 Å². The molecule has 1 aromatic heterocycles. The molecule has 1 N–H and O–H groups in total. The number of halogens is 1. The summed E-state index contributed by atoms with van der Waals surface area (Å²) in [6.45, 7) is 0. The van der Waals surface area contributed by atoms with Crippen LogP contribution in [0.1, 0.15) is 5.56 Å². The van der Waals surface area contributed by atoms with Gasteiger partial charge in [-0.2, -0.15) is 0 Å². The molecule has 0 radical (unpaired) electrons. The lowest BCUT2D eigenvalue weighted by molar-refractivity contribution is -0.384.